The number of hydrogen-bond acceptors (Lipinski definition) is 2. The summed E-state index contributed by atoms with van der Waals surface area (Å²) in [6.45, 7) is 1.11. The number of halogens is 1. The van der Waals surface area contributed by atoms with E-state index in [1.54, 1.807) is 0 Å². The van der Waals surface area contributed by atoms with Crippen molar-refractivity contribution in [2.45, 2.75) is 19.3 Å². The molecule has 0 aromatic heterocycles. The highest BCUT2D eigenvalue weighted by molar-refractivity contribution is 9.10. The Labute approximate surface area is 99.6 Å². The summed E-state index contributed by atoms with van der Waals surface area (Å²) in [5.41, 5.74) is 7.96. The van der Waals surface area contributed by atoms with Gasteiger partial charge in [0.2, 0.25) is 0 Å². The zero-order chi connectivity index (χ0) is 10.8. The molecule has 0 amide bonds. The van der Waals surface area contributed by atoms with Gasteiger partial charge in [-0.15, -0.1) is 0 Å². The van der Waals surface area contributed by atoms with Gasteiger partial charge >= 0.3 is 0 Å². The van der Waals surface area contributed by atoms with Crippen LogP contribution in [0, 0.1) is 5.92 Å². The van der Waals surface area contributed by atoms with E-state index >= 15 is 0 Å². The topological polar surface area (TPSA) is 29.3 Å². The van der Waals surface area contributed by atoms with Gasteiger partial charge in [0.05, 0.1) is 11.4 Å². The van der Waals surface area contributed by atoms with Crippen LogP contribution in [0.15, 0.2) is 22.7 Å². The third-order valence-electron chi connectivity index (χ3n) is 2.97. The van der Waals surface area contributed by atoms with Gasteiger partial charge in [-0.25, -0.2) is 0 Å². The van der Waals surface area contributed by atoms with E-state index in [1.807, 2.05) is 12.1 Å². The van der Waals surface area contributed by atoms with Crippen molar-refractivity contribution in [3.05, 3.63) is 22.7 Å². The summed E-state index contributed by atoms with van der Waals surface area (Å²) < 4.78 is 1.04. The first kappa shape index (κ1) is 10.8. The first-order valence-electron chi connectivity index (χ1n) is 5.43. The number of rotatable bonds is 4. The van der Waals surface area contributed by atoms with Gasteiger partial charge in [0, 0.05) is 18.1 Å². The van der Waals surface area contributed by atoms with Crippen LogP contribution in [0.5, 0.6) is 0 Å². The number of anilines is 2. The fraction of sp³-hybridized carbons (Fsp3) is 0.500. The second-order valence-electron chi connectivity index (χ2n) is 4.36. The molecule has 0 spiro atoms. The molecule has 0 radical (unpaired) electrons. The Morgan fingerprint density at radius 1 is 1.47 bits per heavy atom. The maximum absolute atomic E-state index is 5.97. The van der Waals surface area contributed by atoms with Gasteiger partial charge in [-0.3, -0.25) is 0 Å². The Morgan fingerprint density at radius 3 is 2.80 bits per heavy atom. The second kappa shape index (κ2) is 4.44. The van der Waals surface area contributed by atoms with E-state index in [1.165, 1.54) is 19.3 Å². The molecule has 0 unspecified atom stereocenters. The van der Waals surface area contributed by atoms with Gasteiger partial charge in [0.25, 0.3) is 0 Å². The number of nitrogen functional groups attached to an aromatic ring is 1. The van der Waals surface area contributed by atoms with E-state index in [0.29, 0.717) is 0 Å². The van der Waals surface area contributed by atoms with Crippen molar-refractivity contribution in [1.29, 1.82) is 0 Å². The van der Waals surface area contributed by atoms with Crippen molar-refractivity contribution in [1.82, 2.24) is 0 Å². The smallest absolute Gasteiger partial charge is 0.0598 e. The molecule has 0 aliphatic heterocycles. The van der Waals surface area contributed by atoms with Gasteiger partial charge in [-0.05, 0) is 30.5 Å². The normalized spacial score (nSPS) is 15.3. The average Bonchev–Trinajstić information content (AvgIpc) is 2.97. The molecule has 1 aliphatic rings. The summed E-state index contributed by atoms with van der Waals surface area (Å²) in [7, 11) is 2.11. The van der Waals surface area contributed by atoms with E-state index in [9.17, 15) is 0 Å². The zero-order valence-corrected chi connectivity index (χ0v) is 10.6. The third-order valence-corrected chi connectivity index (χ3v) is 3.46. The highest BCUT2D eigenvalue weighted by Gasteiger charge is 2.21. The summed E-state index contributed by atoms with van der Waals surface area (Å²) in [5.74, 6) is 0.976. The molecule has 0 bridgehead atoms. The third kappa shape index (κ3) is 2.88. The van der Waals surface area contributed by atoms with Gasteiger partial charge in [-0.2, -0.15) is 0 Å². The van der Waals surface area contributed by atoms with E-state index < -0.39 is 0 Å². The lowest BCUT2D eigenvalue weighted by Gasteiger charge is -2.21. The lowest BCUT2D eigenvalue weighted by Crippen LogP contribution is -2.20. The van der Waals surface area contributed by atoms with Crippen LogP contribution in [-0.2, 0) is 0 Å². The van der Waals surface area contributed by atoms with Crippen molar-refractivity contribution >= 4 is 27.3 Å². The van der Waals surface area contributed by atoms with Crippen LogP contribution in [0.4, 0.5) is 11.4 Å². The monoisotopic (exact) mass is 268 g/mol. The first-order valence-corrected chi connectivity index (χ1v) is 6.22. The molecule has 1 fully saturated rings. The largest absolute Gasteiger partial charge is 0.397 e. The number of hydrogen-bond donors (Lipinski definition) is 1. The predicted octanol–water partition coefficient (Wildman–Crippen LogP) is 3.27. The van der Waals surface area contributed by atoms with Gasteiger partial charge in [0.1, 0.15) is 0 Å². The lowest BCUT2D eigenvalue weighted by atomic mass is 10.2. The Bertz CT molecular complexity index is 347. The minimum absolute atomic E-state index is 0.850. The van der Waals surface area contributed by atoms with Crippen LogP contribution in [-0.4, -0.2) is 13.6 Å². The maximum atomic E-state index is 5.97. The number of nitrogens with zero attached hydrogens (tertiary/aromatic N) is 1. The summed E-state index contributed by atoms with van der Waals surface area (Å²) in [5, 5.41) is 0. The first-order chi connectivity index (χ1) is 7.16. The van der Waals surface area contributed by atoms with Crippen molar-refractivity contribution in [3.8, 4) is 0 Å². The Morgan fingerprint density at radius 2 is 2.20 bits per heavy atom. The van der Waals surface area contributed by atoms with Crippen molar-refractivity contribution in [2.75, 3.05) is 24.2 Å². The van der Waals surface area contributed by atoms with E-state index in [4.69, 9.17) is 5.73 Å². The molecule has 82 valence electrons. The summed E-state index contributed by atoms with van der Waals surface area (Å²) in [4.78, 5) is 2.25. The molecule has 0 heterocycles. The van der Waals surface area contributed by atoms with Crippen LogP contribution in [0.1, 0.15) is 19.3 Å². The zero-order valence-electron chi connectivity index (χ0n) is 9.04. The summed E-state index contributed by atoms with van der Waals surface area (Å²) in [6, 6.07) is 6.08. The molecule has 1 aromatic rings. The minimum Gasteiger partial charge on any atom is -0.397 e. The molecular weight excluding hydrogens is 252 g/mol. The standard InChI is InChI=1S/C12H17BrN2/c1-15(7-6-9-2-3-9)12-5-4-10(13)8-11(12)14/h4-5,8-9H,2-3,6-7,14H2,1H3. The fourth-order valence-electron chi connectivity index (χ4n) is 1.78. The molecule has 1 aromatic carbocycles. The molecule has 1 saturated carbocycles. The van der Waals surface area contributed by atoms with Crippen LogP contribution >= 0.6 is 15.9 Å². The van der Waals surface area contributed by atoms with Gasteiger partial charge in [-0.1, -0.05) is 28.8 Å². The van der Waals surface area contributed by atoms with Crippen LogP contribution < -0.4 is 10.6 Å². The summed E-state index contributed by atoms with van der Waals surface area (Å²) >= 11 is 3.42. The van der Waals surface area contributed by atoms with E-state index in [-0.39, 0.29) is 0 Å². The molecule has 1 aliphatic carbocycles. The van der Waals surface area contributed by atoms with Crippen LogP contribution in [0.2, 0.25) is 0 Å². The molecule has 2 N–H and O–H groups in total. The highest BCUT2D eigenvalue weighted by atomic mass is 79.9. The van der Waals surface area contributed by atoms with Gasteiger partial charge < -0.3 is 10.6 Å². The molecule has 0 saturated heterocycles. The van der Waals surface area contributed by atoms with E-state index in [0.717, 1.165) is 28.3 Å². The van der Waals surface area contributed by atoms with Crippen LogP contribution in [0.25, 0.3) is 0 Å². The second-order valence-corrected chi connectivity index (χ2v) is 5.27. The summed E-state index contributed by atoms with van der Waals surface area (Å²) in [6.07, 6.45) is 4.14. The Hall–Kier alpha value is -0.700. The van der Waals surface area contributed by atoms with Crippen LogP contribution in [0.3, 0.4) is 0 Å². The molecule has 2 rings (SSSR count). The van der Waals surface area contributed by atoms with Crippen molar-refractivity contribution in [3.63, 3.8) is 0 Å². The molecular formula is C12H17BrN2. The Balaban J connectivity index is 1.99. The number of nitrogens with two attached hydrogens (primary N) is 1. The van der Waals surface area contributed by atoms with Gasteiger partial charge in [0.15, 0.2) is 0 Å². The molecule has 2 nitrogen and oxygen atoms in total. The molecule has 3 heteroatoms. The SMILES string of the molecule is CN(CCC1CC1)c1ccc(Br)cc1N. The number of benzene rings is 1. The van der Waals surface area contributed by atoms with Crippen molar-refractivity contribution < 1.29 is 0 Å². The maximum Gasteiger partial charge on any atom is 0.0598 e. The quantitative estimate of drug-likeness (QED) is 0.850. The average molecular weight is 269 g/mol. The molecule has 15 heavy (non-hydrogen) atoms. The van der Waals surface area contributed by atoms with Crippen molar-refractivity contribution in [2.24, 2.45) is 5.92 Å². The highest BCUT2D eigenvalue weighted by Crippen LogP contribution is 2.33. The minimum atomic E-state index is 0.850. The Kier molecular flexibility index (Phi) is 3.19. The lowest BCUT2D eigenvalue weighted by molar-refractivity contribution is 0.711. The predicted molar refractivity (Wildman–Crippen MR) is 69.2 cm³/mol. The molecule has 0 atom stereocenters. The fourth-order valence-corrected chi connectivity index (χ4v) is 2.15. The van der Waals surface area contributed by atoms with E-state index in [2.05, 4.69) is 33.9 Å².